The first kappa shape index (κ1) is 78.7. The van der Waals surface area contributed by atoms with Crippen LogP contribution in [0.1, 0.15) is 380 Å². The molecular weight excluding hydrogens is 1020 g/mol. The molecule has 1 aliphatic rings. The van der Waals surface area contributed by atoms with Crippen molar-refractivity contribution in [3.05, 3.63) is 24.3 Å². The average molecular weight is 1160 g/mol. The fourth-order valence-corrected chi connectivity index (χ4v) is 12.0. The number of carbonyl (C=O) groups is 1. The molecule has 0 aromatic carbocycles. The molecule has 9 nitrogen and oxygen atoms in total. The summed E-state index contributed by atoms with van der Waals surface area (Å²) in [6.45, 7) is 3.83. The van der Waals surface area contributed by atoms with Gasteiger partial charge in [0.1, 0.15) is 24.4 Å². The predicted molar refractivity (Wildman–Crippen MR) is 350 cm³/mol. The highest BCUT2D eigenvalue weighted by Crippen LogP contribution is 2.24. The Bertz CT molecular complexity index is 1340. The van der Waals surface area contributed by atoms with Crippen LogP contribution in [0.4, 0.5) is 0 Å². The standard InChI is InChI=1S/C73H141NO8/c1-3-5-7-9-11-13-15-17-19-21-23-25-26-27-28-29-30-31-32-33-34-35-36-37-38-39-40-41-42-43-45-47-49-51-53-55-57-59-61-63-69(77)74-66(65-81-73-72(80)71(79)70(78)68(64-75)82-73)67(76)62-60-58-56-54-52-50-48-46-44-24-22-20-18-16-14-12-10-8-6-4-2/h21,23,60,62,66-68,70-73,75-76,78-80H,3-20,22,24-59,61,63-65H2,1-2H3,(H,74,77)/b23-21-,62-60+. The predicted octanol–water partition coefficient (Wildman–Crippen LogP) is 20.0. The van der Waals surface area contributed by atoms with Gasteiger partial charge in [0, 0.05) is 6.42 Å². The molecule has 6 N–H and O–H groups in total. The third-order valence-corrected chi connectivity index (χ3v) is 17.8. The summed E-state index contributed by atoms with van der Waals surface area (Å²) in [5.74, 6) is -0.168. The Kier molecular flexibility index (Phi) is 60.2. The molecule has 0 saturated carbocycles. The number of unbranched alkanes of at least 4 members (excludes halogenated alkanes) is 53. The van der Waals surface area contributed by atoms with E-state index in [1.807, 2.05) is 6.08 Å². The van der Waals surface area contributed by atoms with Crippen LogP contribution in [0.2, 0.25) is 0 Å². The highest BCUT2D eigenvalue weighted by atomic mass is 16.7. The maximum absolute atomic E-state index is 13.1. The molecule has 1 aliphatic heterocycles. The molecule has 0 bridgehead atoms. The van der Waals surface area contributed by atoms with Gasteiger partial charge >= 0.3 is 0 Å². The molecule has 1 heterocycles. The number of ether oxygens (including phenoxy) is 2. The van der Waals surface area contributed by atoms with Crippen LogP contribution in [0.15, 0.2) is 24.3 Å². The van der Waals surface area contributed by atoms with Gasteiger partial charge in [-0.3, -0.25) is 4.79 Å². The molecule has 1 amide bonds. The van der Waals surface area contributed by atoms with Crippen molar-refractivity contribution in [2.45, 2.75) is 423 Å². The number of rotatable bonds is 65. The van der Waals surface area contributed by atoms with Crippen molar-refractivity contribution < 1.29 is 39.8 Å². The fraction of sp³-hybridized carbons (Fsp3) is 0.932. The maximum Gasteiger partial charge on any atom is 0.220 e. The van der Waals surface area contributed by atoms with Gasteiger partial charge in [-0.15, -0.1) is 0 Å². The van der Waals surface area contributed by atoms with E-state index in [2.05, 4.69) is 31.3 Å². The summed E-state index contributed by atoms with van der Waals surface area (Å²) in [6, 6.07) is -0.803. The third-order valence-electron chi connectivity index (χ3n) is 17.8. The minimum Gasteiger partial charge on any atom is -0.394 e. The number of aliphatic hydroxyl groups excluding tert-OH is 5. The maximum atomic E-state index is 13.1. The van der Waals surface area contributed by atoms with Crippen molar-refractivity contribution in [3.63, 3.8) is 0 Å². The summed E-state index contributed by atoms with van der Waals surface area (Å²) in [6.07, 6.45) is 76.0. The van der Waals surface area contributed by atoms with Crippen molar-refractivity contribution in [2.75, 3.05) is 13.2 Å². The van der Waals surface area contributed by atoms with Gasteiger partial charge in [0.15, 0.2) is 6.29 Å². The van der Waals surface area contributed by atoms with E-state index in [4.69, 9.17) is 9.47 Å². The first-order valence-corrected chi connectivity index (χ1v) is 36.6. The van der Waals surface area contributed by atoms with E-state index in [1.54, 1.807) is 6.08 Å². The van der Waals surface area contributed by atoms with Crippen molar-refractivity contribution >= 4 is 5.91 Å². The number of carbonyl (C=O) groups excluding carboxylic acids is 1. The second-order valence-electron chi connectivity index (χ2n) is 25.7. The Morgan fingerprint density at radius 3 is 0.988 bits per heavy atom. The summed E-state index contributed by atoms with van der Waals surface area (Å²) in [5.41, 5.74) is 0. The zero-order valence-electron chi connectivity index (χ0n) is 54.5. The third kappa shape index (κ3) is 50.8. The van der Waals surface area contributed by atoms with Gasteiger partial charge < -0.3 is 40.3 Å². The summed E-state index contributed by atoms with van der Waals surface area (Å²) in [4.78, 5) is 13.1. The average Bonchev–Trinajstić information content (AvgIpc) is 3.52. The zero-order valence-corrected chi connectivity index (χ0v) is 54.5. The number of hydrogen-bond donors (Lipinski definition) is 6. The molecule has 0 aromatic heterocycles. The van der Waals surface area contributed by atoms with E-state index in [-0.39, 0.29) is 12.5 Å². The van der Waals surface area contributed by atoms with E-state index >= 15 is 0 Å². The largest absolute Gasteiger partial charge is 0.394 e. The molecule has 1 saturated heterocycles. The Hall–Kier alpha value is -1.33. The van der Waals surface area contributed by atoms with Crippen LogP contribution in [-0.4, -0.2) is 87.5 Å². The van der Waals surface area contributed by atoms with E-state index in [1.165, 1.54) is 321 Å². The second-order valence-corrected chi connectivity index (χ2v) is 25.7. The Balaban J connectivity index is 2.04. The van der Waals surface area contributed by atoms with Gasteiger partial charge in [-0.05, 0) is 44.9 Å². The van der Waals surface area contributed by atoms with E-state index < -0.39 is 49.5 Å². The van der Waals surface area contributed by atoms with E-state index in [9.17, 15) is 30.3 Å². The Labute approximate surface area is 509 Å². The van der Waals surface area contributed by atoms with Crippen LogP contribution in [0.3, 0.4) is 0 Å². The molecule has 1 fully saturated rings. The molecule has 0 aromatic rings. The number of hydrogen-bond acceptors (Lipinski definition) is 8. The van der Waals surface area contributed by atoms with Crippen molar-refractivity contribution in [1.82, 2.24) is 5.32 Å². The normalized spacial score (nSPS) is 18.4. The molecule has 1 rings (SSSR count). The fourth-order valence-electron chi connectivity index (χ4n) is 12.0. The molecule has 9 heteroatoms. The monoisotopic (exact) mass is 1160 g/mol. The van der Waals surface area contributed by atoms with Gasteiger partial charge in [0.25, 0.3) is 0 Å². The number of aliphatic hydroxyl groups is 5. The highest BCUT2D eigenvalue weighted by molar-refractivity contribution is 5.76. The number of amides is 1. The van der Waals surface area contributed by atoms with Crippen LogP contribution >= 0.6 is 0 Å². The summed E-state index contributed by atoms with van der Waals surface area (Å²) < 4.78 is 11.3. The van der Waals surface area contributed by atoms with Crippen LogP contribution in [0.25, 0.3) is 0 Å². The quantitative estimate of drug-likeness (QED) is 0.0261. The lowest BCUT2D eigenvalue weighted by Crippen LogP contribution is -2.60. The SMILES string of the molecule is CCCCCCCCCC/C=C\CCCCCCCCCCCCCCCCCCCCCCCCCCCCCC(=O)NC(COC1OC(CO)C(O)C(O)C1O)C(O)/C=C/CCCCCCCCCCCCCCCCCCCC. The van der Waals surface area contributed by atoms with Gasteiger partial charge in [-0.25, -0.2) is 0 Å². The van der Waals surface area contributed by atoms with Crippen molar-refractivity contribution in [1.29, 1.82) is 0 Å². The molecular formula is C73H141NO8. The zero-order chi connectivity index (χ0) is 59.3. The molecule has 0 spiro atoms. The van der Waals surface area contributed by atoms with Crippen LogP contribution in [0, 0.1) is 0 Å². The smallest absolute Gasteiger partial charge is 0.220 e. The molecule has 7 atom stereocenters. The summed E-state index contributed by atoms with van der Waals surface area (Å²) in [5, 5.41) is 54.7. The summed E-state index contributed by atoms with van der Waals surface area (Å²) >= 11 is 0. The molecule has 486 valence electrons. The minimum atomic E-state index is -1.57. The van der Waals surface area contributed by atoms with Gasteiger partial charge in [0.2, 0.25) is 5.91 Å². The lowest BCUT2D eigenvalue weighted by Gasteiger charge is -2.40. The number of allylic oxidation sites excluding steroid dienone is 3. The lowest BCUT2D eigenvalue weighted by molar-refractivity contribution is -0.302. The first-order valence-electron chi connectivity index (χ1n) is 36.6. The highest BCUT2D eigenvalue weighted by Gasteiger charge is 2.44. The minimum absolute atomic E-state index is 0.168. The van der Waals surface area contributed by atoms with Crippen molar-refractivity contribution in [2.24, 2.45) is 0 Å². The van der Waals surface area contributed by atoms with Gasteiger partial charge in [-0.1, -0.05) is 353 Å². The van der Waals surface area contributed by atoms with E-state index in [0.717, 1.165) is 38.5 Å². The van der Waals surface area contributed by atoms with Crippen molar-refractivity contribution in [3.8, 4) is 0 Å². The van der Waals surface area contributed by atoms with Crippen LogP contribution in [-0.2, 0) is 14.3 Å². The Morgan fingerprint density at radius 2 is 0.683 bits per heavy atom. The van der Waals surface area contributed by atoms with Gasteiger partial charge in [-0.2, -0.15) is 0 Å². The molecule has 7 unspecified atom stereocenters. The Morgan fingerprint density at radius 1 is 0.402 bits per heavy atom. The topological polar surface area (TPSA) is 149 Å². The van der Waals surface area contributed by atoms with Crippen LogP contribution < -0.4 is 5.32 Å². The lowest BCUT2D eigenvalue weighted by atomic mass is 9.99. The number of nitrogens with one attached hydrogen (secondary N) is 1. The molecule has 0 aliphatic carbocycles. The summed E-state index contributed by atoms with van der Waals surface area (Å²) in [7, 11) is 0. The molecule has 82 heavy (non-hydrogen) atoms. The van der Waals surface area contributed by atoms with E-state index in [0.29, 0.717) is 6.42 Å². The first-order chi connectivity index (χ1) is 40.3. The molecule has 0 radical (unpaired) electrons. The van der Waals surface area contributed by atoms with Crippen LogP contribution in [0.5, 0.6) is 0 Å². The second kappa shape index (κ2) is 62.7. The van der Waals surface area contributed by atoms with Gasteiger partial charge in [0.05, 0.1) is 25.4 Å².